The molecule has 16 nitrogen and oxygen atoms in total. The van der Waals surface area contributed by atoms with Crippen LogP contribution in [0.15, 0.2) is 0 Å². The first-order chi connectivity index (χ1) is 15.3. The van der Waals surface area contributed by atoms with Crippen molar-refractivity contribution >= 4 is 0 Å². The Kier molecular flexibility index (Phi) is 110. The van der Waals surface area contributed by atoms with Crippen molar-refractivity contribution in [1.82, 2.24) is 20.4 Å². The van der Waals surface area contributed by atoms with Gasteiger partial charge < -0.3 is 64.7 Å². The fourth-order valence-electron chi connectivity index (χ4n) is 1.91. The number of nitrogens with zero attached hydrogens (tertiary/aromatic N) is 14. The fraction of sp³-hybridized carbons (Fsp3) is 1.00. The van der Waals surface area contributed by atoms with Gasteiger partial charge in [0.05, 0.1) is 0 Å². The van der Waals surface area contributed by atoms with Crippen molar-refractivity contribution in [2.75, 3.05) is 65.4 Å². The molecule has 0 amide bonds. The van der Waals surface area contributed by atoms with E-state index in [2.05, 4.69) is 62.0 Å². The normalized spacial score (nSPS) is 7.29. The largest absolute Gasteiger partial charge is 2.00 e. The van der Waals surface area contributed by atoms with Gasteiger partial charge in [-0.2, -0.15) is 0 Å². The number of likely N-dealkylation sites (N-methyl/N-ethyl adjacent to an activating group) is 4. The SMILES string of the molecule is CCNCCN(CC)CC.CCNCCN(CC)CC.[Cu+2].[Cu+2].[N-]=[N+]=[N-].[N-]=[N+]=[N-].[N-]=[N+]=[N-].[N-]=[N+]=[N-]. The zero-order valence-corrected chi connectivity index (χ0v) is 22.8. The van der Waals surface area contributed by atoms with E-state index in [1.54, 1.807) is 0 Å². The predicted molar refractivity (Wildman–Crippen MR) is 133 cm³/mol. The summed E-state index contributed by atoms with van der Waals surface area (Å²) in [5.41, 5.74) is 54.0. The molecule has 0 heterocycles. The van der Waals surface area contributed by atoms with Crippen molar-refractivity contribution in [1.29, 1.82) is 0 Å². The third-order valence-corrected chi connectivity index (χ3v) is 3.50. The van der Waals surface area contributed by atoms with Gasteiger partial charge in [0, 0.05) is 26.2 Å². The van der Waals surface area contributed by atoms with Crippen LogP contribution in [0.3, 0.4) is 0 Å². The molecule has 0 saturated heterocycles. The molecule has 0 aliphatic carbocycles. The van der Waals surface area contributed by atoms with E-state index >= 15 is 0 Å². The van der Waals surface area contributed by atoms with Gasteiger partial charge >= 0.3 is 34.1 Å². The minimum Gasteiger partial charge on any atom is -0.373 e. The van der Waals surface area contributed by atoms with Gasteiger partial charge in [-0.05, 0) is 39.3 Å². The number of hydrogen-bond donors (Lipinski definition) is 2. The molecular weight excluding hydrogens is 543 g/mol. The molecule has 0 bridgehead atoms. The van der Waals surface area contributed by atoms with Crippen LogP contribution in [0.25, 0.3) is 63.9 Å². The third kappa shape index (κ3) is 98.3. The number of nitrogens with one attached hydrogen (secondary N) is 2. The Morgan fingerprint density at radius 2 is 0.647 bits per heavy atom. The van der Waals surface area contributed by atoms with Crippen LogP contribution in [0, 0.1) is 0 Å². The molecule has 206 valence electrons. The van der Waals surface area contributed by atoms with Crippen LogP contribution in [-0.2, 0) is 34.1 Å². The summed E-state index contributed by atoms with van der Waals surface area (Å²) >= 11 is 0. The van der Waals surface area contributed by atoms with E-state index in [4.69, 9.17) is 44.2 Å². The molecule has 0 aromatic rings. The van der Waals surface area contributed by atoms with Gasteiger partial charge in [-0.15, -0.1) is 0 Å². The van der Waals surface area contributed by atoms with E-state index in [0.29, 0.717) is 0 Å². The Balaban J connectivity index is -0.0000000437. The fourth-order valence-corrected chi connectivity index (χ4v) is 1.91. The van der Waals surface area contributed by atoms with Gasteiger partial charge in [-0.3, -0.25) is 19.6 Å². The van der Waals surface area contributed by atoms with E-state index in [9.17, 15) is 0 Å². The van der Waals surface area contributed by atoms with E-state index in [1.165, 1.54) is 58.9 Å². The van der Waals surface area contributed by atoms with Crippen LogP contribution in [-0.4, -0.2) is 75.2 Å². The molecule has 0 atom stereocenters. The third-order valence-electron chi connectivity index (χ3n) is 3.50. The summed E-state index contributed by atoms with van der Waals surface area (Å²) in [6.45, 7) is 24.6. The van der Waals surface area contributed by atoms with E-state index < -0.39 is 0 Å². The van der Waals surface area contributed by atoms with Crippen LogP contribution in [0.4, 0.5) is 0 Å². The summed E-state index contributed by atoms with van der Waals surface area (Å²) in [5, 5.41) is 6.61. The molecule has 0 aliphatic rings. The van der Waals surface area contributed by atoms with E-state index in [0.717, 1.165) is 26.2 Å². The van der Waals surface area contributed by atoms with Crippen molar-refractivity contribution in [2.24, 2.45) is 0 Å². The first kappa shape index (κ1) is 53.5. The van der Waals surface area contributed by atoms with Crippen LogP contribution >= 0.6 is 0 Å². The first-order valence-electron chi connectivity index (χ1n) is 10.2. The molecular formula is C16H40Cu2N16. The Morgan fingerprint density at radius 3 is 0.765 bits per heavy atom. The van der Waals surface area contributed by atoms with Crippen molar-refractivity contribution in [3.63, 3.8) is 0 Å². The topological polar surface area (TPSA) is 265 Å². The van der Waals surface area contributed by atoms with Crippen molar-refractivity contribution in [3.05, 3.63) is 63.9 Å². The van der Waals surface area contributed by atoms with E-state index in [-0.39, 0.29) is 34.1 Å². The average molecular weight is 584 g/mol. The Morgan fingerprint density at radius 1 is 0.471 bits per heavy atom. The van der Waals surface area contributed by atoms with Gasteiger partial charge in [-0.25, -0.2) is 0 Å². The number of hydrogen-bond acceptors (Lipinski definition) is 4. The van der Waals surface area contributed by atoms with Gasteiger partial charge in [-0.1, -0.05) is 41.5 Å². The summed E-state index contributed by atoms with van der Waals surface area (Å²) in [6, 6.07) is 0. The molecule has 0 fully saturated rings. The van der Waals surface area contributed by atoms with Gasteiger partial charge in [0.2, 0.25) is 0 Å². The molecule has 0 aromatic heterocycles. The van der Waals surface area contributed by atoms with Crippen molar-refractivity contribution in [3.8, 4) is 0 Å². The zero-order chi connectivity index (χ0) is 26.5. The molecule has 0 spiro atoms. The Bertz CT molecular complexity index is 382. The molecule has 0 saturated carbocycles. The smallest absolute Gasteiger partial charge is 0.373 e. The van der Waals surface area contributed by atoms with Crippen LogP contribution in [0.5, 0.6) is 0 Å². The summed E-state index contributed by atoms with van der Waals surface area (Å²) in [6.07, 6.45) is 0. The quantitative estimate of drug-likeness (QED) is 0.101. The molecule has 34 heavy (non-hydrogen) atoms. The van der Waals surface area contributed by atoms with E-state index in [1.807, 2.05) is 0 Å². The maximum atomic E-state index is 6.75. The minimum absolute atomic E-state index is 0. The second kappa shape index (κ2) is 69.7. The maximum Gasteiger partial charge on any atom is 2.00 e. The predicted octanol–water partition coefficient (Wildman–Crippen LogP) is 5.33. The summed E-state index contributed by atoms with van der Waals surface area (Å²) < 4.78 is 0. The summed E-state index contributed by atoms with van der Waals surface area (Å²) in [5.74, 6) is 0. The molecule has 0 aromatic carbocycles. The standard InChI is InChI=1S/2C8H20N2.2Cu.4N3/c2*1-4-9-7-8-10(5-2)6-3;;;4*1-3-2/h2*9H,4-8H2,1-3H3;;;;;;/q;;2*+2;4*-1. The van der Waals surface area contributed by atoms with Gasteiger partial charge in [0.1, 0.15) is 0 Å². The molecule has 18 heteroatoms. The second-order valence-electron chi connectivity index (χ2n) is 5.12. The minimum atomic E-state index is 0. The van der Waals surface area contributed by atoms with Crippen LogP contribution in [0.1, 0.15) is 41.5 Å². The van der Waals surface area contributed by atoms with Crippen LogP contribution in [0.2, 0.25) is 0 Å². The molecule has 0 rings (SSSR count). The van der Waals surface area contributed by atoms with Crippen molar-refractivity contribution < 1.29 is 34.1 Å². The molecule has 2 radical (unpaired) electrons. The molecule has 0 unspecified atom stereocenters. The summed E-state index contributed by atoms with van der Waals surface area (Å²) in [4.78, 5) is 10.8. The maximum absolute atomic E-state index is 6.75. The Labute approximate surface area is 225 Å². The van der Waals surface area contributed by atoms with Crippen molar-refractivity contribution in [2.45, 2.75) is 41.5 Å². The average Bonchev–Trinajstić information content (AvgIpc) is 2.77. The van der Waals surface area contributed by atoms with Gasteiger partial charge in [0.25, 0.3) is 0 Å². The molecule has 2 N–H and O–H groups in total. The first-order valence-corrected chi connectivity index (χ1v) is 10.2. The molecule has 0 aliphatic heterocycles. The zero-order valence-electron chi connectivity index (χ0n) is 20.9. The number of rotatable bonds is 12. The second-order valence-corrected chi connectivity index (χ2v) is 5.12. The monoisotopic (exact) mass is 582 g/mol. The van der Waals surface area contributed by atoms with Gasteiger partial charge in [0.15, 0.2) is 0 Å². The Hall–Kier alpha value is -1.88. The summed E-state index contributed by atoms with van der Waals surface area (Å²) in [7, 11) is 0. The van der Waals surface area contributed by atoms with Crippen LogP contribution < -0.4 is 10.6 Å².